The minimum Gasteiger partial charge on any atom is -0.493 e. The number of carbonyl (C=O) groups is 1. The number of furan rings is 1. The van der Waals surface area contributed by atoms with Gasteiger partial charge in [-0.25, -0.2) is 0 Å². The number of nitrogens with zero attached hydrogens (tertiary/aromatic N) is 1. The molecule has 4 aromatic rings. The van der Waals surface area contributed by atoms with Crippen LogP contribution >= 0.6 is 0 Å². The van der Waals surface area contributed by atoms with E-state index in [-0.39, 0.29) is 17.2 Å². The fraction of sp³-hybridized carbons (Fsp3) is 0.231. The number of aromatic amines is 1. The van der Waals surface area contributed by atoms with Crippen LogP contribution in [0.3, 0.4) is 0 Å². The van der Waals surface area contributed by atoms with Gasteiger partial charge in [-0.05, 0) is 72.3 Å². The zero-order chi connectivity index (χ0) is 23.1. The number of benzene rings is 2. The number of ether oxygens (including phenoxy) is 2. The first-order valence-corrected chi connectivity index (χ1v) is 10.7. The Morgan fingerprint density at radius 1 is 1.06 bits per heavy atom. The van der Waals surface area contributed by atoms with Crippen LogP contribution in [0.1, 0.15) is 38.9 Å². The molecule has 168 valence electrons. The first-order chi connectivity index (χ1) is 16.0. The van der Waals surface area contributed by atoms with Crippen LogP contribution in [0.5, 0.6) is 11.5 Å². The molecule has 1 aliphatic rings. The molecule has 0 radical (unpaired) electrons. The Morgan fingerprint density at radius 2 is 1.85 bits per heavy atom. The summed E-state index contributed by atoms with van der Waals surface area (Å²) in [6, 6.07) is 14.2. The van der Waals surface area contributed by atoms with Gasteiger partial charge in [0.2, 0.25) is 0 Å². The van der Waals surface area contributed by atoms with Crippen molar-refractivity contribution in [1.29, 1.82) is 0 Å². The highest BCUT2D eigenvalue weighted by Gasteiger charge is 2.36. The summed E-state index contributed by atoms with van der Waals surface area (Å²) in [4.78, 5) is 31.4. The molecule has 2 aromatic carbocycles. The van der Waals surface area contributed by atoms with Crippen molar-refractivity contribution < 1.29 is 18.7 Å². The van der Waals surface area contributed by atoms with Crippen LogP contribution in [0.25, 0.3) is 10.9 Å². The van der Waals surface area contributed by atoms with Crippen LogP contribution in [0.4, 0.5) is 0 Å². The molecular formula is C26H24N2O5. The second kappa shape index (κ2) is 8.16. The van der Waals surface area contributed by atoms with Crippen LogP contribution in [-0.2, 0) is 6.42 Å². The highest BCUT2D eigenvalue weighted by Crippen LogP contribution is 2.41. The minimum absolute atomic E-state index is 0.233. The summed E-state index contributed by atoms with van der Waals surface area (Å²) in [5.41, 5.74) is 3.92. The number of amides is 1. The molecule has 1 N–H and O–H groups in total. The van der Waals surface area contributed by atoms with Gasteiger partial charge >= 0.3 is 0 Å². The lowest BCUT2D eigenvalue weighted by atomic mass is 9.87. The van der Waals surface area contributed by atoms with Gasteiger partial charge in [-0.15, -0.1) is 0 Å². The van der Waals surface area contributed by atoms with Gasteiger partial charge in [-0.1, -0.05) is 11.6 Å². The molecule has 0 unspecified atom stereocenters. The number of aryl methyl sites for hydroxylation is 1. The van der Waals surface area contributed by atoms with Gasteiger partial charge in [0.05, 0.1) is 26.5 Å². The van der Waals surface area contributed by atoms with Crippen LogP contribution in [0.15, 0.2) is 64.0 Å². The SMILES string of the molecule is COc1cc2c(cc1OC)[C@H](c1cc3cc(C)ccc3[nH]c1=O)N(C(=O)c1ccco1)CC2. The summed E-state index contributed by atoms with van der Waals surface area (Å²) in [5.74, 6) is 1.12. The second-order valence-corrected chi connectivity index (χ2v) is 8.18. The number of H-pyrrole nitrogens is 1. The van der Waals surface area contributed by atoms with Crippen molar-refractivity contribution in [1.82, 2.24) is 9.88 Å². The maximum absolute atomic E-state index is 13.4. The lowest BCUT2D eigenvalue weighted by molar-refractivity contribution is 0.0660. The van der Waals surface area contributed by atoms with Crippen LogP contribution in [-0.4, -0.2) is 36.6 Å². The molecule has 0 bridgehead atoms. The molecule has 0 fully saturated rings. The predicted octanol–water partition coefficient (Wildman–Crippen LogP) is 4.23. The van der Waals surface area contributed by atoms with Gasteiger partial charge in [0.25, 0.3) is 11.5 Å². The van der Waals surface area contributed by atoms with E-state index in [0.29, 0.717) is 30.0 Å². The fourth-order valence-electron chi connectivity index (χ4n) is 4.59. The molecule has 2 aromatic heterocycles. The summed E-state index contributed by atoms with van der Waals surface area (Å²) in [7, 11) is 3.16. The van der Waals surface area contributed by atoms with Crippen molar-refractivity contribution in [3.8, 4) is 11.5 Å². The average Bonchev–Trinajstić information content (AvgIpc) is 3.37. The van der Waals surface area contributed by atoms with Crippen LogP contribution < -0.4 is 15.0 Å². The highest BCUT2D eigenvalue weighted by molar-refractivity contribution is 5.92. The Balaban J connectivity index is 1.75. The van der Waals surface area contributed by atoms with Gasteiger partial charge in [0.15, 0.2) is 17.3 Å². The summed E-state index contributed by atoms with van der Waals surface area (Å²) in [6.45, 7) is 2.43. The van der Waals surface area contributed by atoms with Gasteiger partial charge in [-0.3, -0.25) is 9.59 Å². The van der Waals surface area contributed by atoms with Gasteiger partial charge < -0.3 is 23.8 Å². The van der Waals surface area contributed by atoms with Crippen molar-refractivity contribution in [3.63, 3.8) is 0 Å². The minimum atomic E-state index is -0.611. The average molecular weight is 444 g/mol. The molecule has 7 heteroatoms. The van der Waals surface area contributed by atoms with Crippen LogP contribution in [0, 0.1) is 6.92 Å². The predicted molar refractivity (Wildman–Crippen MR) is 124 cm³/mol. The van der Waals surface area contributed by atoms with Crippen molar-refractivity contribution in [2.75, 3.05) is 20.8 Å². The number of rotatable bonds is 4. The Kier molecular flexibility index (Phi) is 5.17. The van der Waals surface area contributed by atoms with E-state index in [2.05, 4.69) is 4.98 Å². The Morgan fingerprint density at radius 3 is 2.58 bits per heavy atom. The number of hydrogen-bond donors (Lipinski definition) is 1. The topological polar surface area (TPSA) is 84.8 Å². The zero-order valence-electron chi connectivity index (χ0n) is 18.7. The molecule has 33 heavy (non-hydrogen) atoms. The summed E-state index contributed by atoms with van der Waals surface area (Å²) in [6.07, 6.45) is 2.09. The number of aromatic nitrogens is 1. The van der Waals surface area contributed by atoms with Gasteiger partial charge in [-0.2, -0.15) is 0 Å². The molecule has 0 saturated heterocycles. The first-order valence-electron chi connectivity index (χ1n) is 10.7. The molecule has 7 nitrogen and oxygen atoms in total. The highest BCUT2D eigenvalue weighted by atomic mass is 16.5. The smallest absolute Gasteiger partial charge is 0.290 e. The lowest BCUT2D eigenvalue weighted by Crippen LogP contribution is -2.42. The summed E-state index contributed by atoms with van der Waals surface area (Å²) in [5, 5.41) is 0.905. The number of hydrogen-bond acceptors (Lipinski definition) is 5. The van der Waals surface area contributed by atoms with E-state index >= 15 is 0 Å². The van der Waals surface area contributed by atoms with Gasteiger partial charge in [0, 0.05) is 17.6 Å². The third kappa shape index (κ3) is 3.55. The fourth-order valence-corrected chi connectivity index (χ4v) is 4.59. The van der Waals surface area contributed by atoms with E-state index in [0.717, 1.165) is 27.6 Å². The second-order valence-electron chi connectivity index (χ2n) is 8.18. The third-order valence-corrected chi connectivity index (χ3v) is 6.19. The molecule has 1 aliphatic heterocycles. The standard InChI is InChI=1S/C26H24N2O5/c1-15-6-7-20-17(11-15)12-19(25(29)27-20)24-18-14-23(32-3)22(31-2)13-16(18)8-9-28(24)26(30)21-5-4-10-33-21/h4-7,10-14,24H,8-9H2,1-3H3,(H,27,29)/t24-/m1/s1. The maximum atomic E-state index is 13.4. The van der Waals surface area contributed by atoms with E-state index in [1.54, 1.807) is 31.3 Å². The Labute approximate surface area is 190 Å². The molecule has 0 spiro atoms. The summed E-state index contributed by atoms with van der Waals surface area (Å²) >= 11 is 0. The maximum Gasteiger partial charge on any atom is 0.290 e. The Bertz CT molecular complexity index is 1400. The molecular weight excluding hydrogens is 420 g/mol. The monoisotopic (exact) mass is 444 g/mol. The third-order valence-electron chi connectivity index (χ3n) is 6.19. The van der Waals surface area contributed by atoms with E-state index in [1.807, 2.05) is 43.3 Å². The van der Waals surface area contributed by atoms with E-state index in [9.17, 15) is 9.59 Å². The van der Waals surface area contributed by atoms with Crippen molar-refractivity contribution >= 4 is 16.8 Å². The van der Waals surface area contributed by atoms with Crippen molar-refractivity contribution in [2.24, 2.45) is 0 Å². The number of nitrogens with one attached hydrogen (secondary N) is 1. The molecule has 0 aliphatic carbocycles. The molecule has 3 heterocycles. The van der Waals surface area contributed by atoms with E-state index in [1.165, 1.54) is 6.26 Å². The zero-order valence-corrected chi connectivity index (χ0v) is 18.7. The molecule has 5 rings (SSSR count). The molecule has 0 saturated carbocycles. The molecule has 1 atom stereocenters. The largest absolute Gasteiger partial charge is 0.493 e. The Hall–Kier alpha value is -4.00. The van der Waals surface area contributed by atoms with Crippen molar-refractivity contribution in [2.45, 2.75) is 19.4 Å². The summed E-state index contributed by atoms with van der Waals surface area (Å²) < 4.78 is 16.4. The number of methoxy groups -OCH3 is 2. The normalized spacial score (nSPS) is 15.4. The number of pyridine rings is 1. The lowest BCUT2D eigenvalue weighted by Gasteiger charge is -2.37. The van der Waals surface area contributed by atoms with E-state index in [4.69, 9.17) is 13.9 Å². The molecule has 1 amide bonds. The van der Waals surface area contributed by atoms with Gasteiger partial charge in [0.1, 0.15) is 0 Å². The van der Waals surface area contributed by atoms with Crippen LogP contribution in [0.2, 0.25) is 0 Å². The van der Waals surface area contributed by atoms with E-state index < -0.39 is 6.04 Å². The first kappa shape index (κ1) is 20.9. The quantitative estimate of drug-likeness (QED) is 0.509. The van der Waals surface area contributed by atoms with Crippen molar-refractivity contribution in [3.05, 3.63) is 93.2 Å². The number of carbonyl (C=O) groups excluding carboxylic acids is 1. The number of fused-ring (bicyclic) bond motifs is 2.